The topological polar surface area (TPSA) is 72.6 Å². The van der Waals surface area contributed by atoms with E-state index in [0.29, 0.717) is 36.7 Å². The minimum Gasteiger partial charge on any atom is -0.381 e. The first-order valence-electron chi connectivity index (χ1n) is 6.97. The normalized spacial score (nSPS) is 17.3. The van der Waals surface area contributed by atoms with E-state index in [1.165, 1.54) is 4.31 Å². The van der Waals surface area contributed by atoms with Gasteiger partial charge < -0.3 is 10.5 Å². The molecular weight excluding hydrogens is 356 g/mol. The van der Waals surface area contributed by atoms with E-state index < -0.39 is 10.0 Å². The zero-order chi connectivity index (χ0) is 15.5. The Bertz CT molecular complexity index is 586. The van der Waals surface area contributed by atoms with Crippen molar-refractivity contribution in [2.24, 2.45) is 11.7 Å². The van der Waals surface area contributed by atoms with Gasteiger partial charge in [-0.15, -0.1) is 0 Å². The Kier molecular flexibility index (Phi) is 5.79. The Balaban J connectivity index is 2.20. The van der Waals surface area contributed by atoms with Crippen LogP contribution in [0.5, 0.6) is 0 Å². The van der Waals surface area contributed by atoms with Crippen LogP contribution in [-0.4, -0.2) is 39.5 Å². The summed E-state index contributed by atoms with van der Waals surface area (Å²) in [6.07, 6.45) is 1.81. The summed E-state index contributed by atoms with van der Waals surface area (Å²) < 4.78 is 32.8. The van der Waals surface area contributed by atoms with Crippen molar-refractivity contribution in [1.82, 2.24) is 4.31 Å². The number of nitrogens with zero attached hydrogens (tertiary/aromatic N) is 1. The smallest absolute Gasteiger partial charge is 0.243 e. The molecule has 118 valence electrons. The first-order valence-corrected chi connectivity index (χ1v) is 9.21. The molecule has 1 aromatic rings. The summed E-state index contributed by atoms with van der Waals surface area (Å²) >= 11 is 3.32. The number of rotatable bonds is 5. The third-order valence-corrected chi connectivity index (χ3v) is 6.59. The molecule has 0 aromatic heterocycles. The largest absolute Gasteiger partial charge is 0.381 e. The lowest BCUT2D eigenvalue weighted by molar-refractivity contribution is 0.0620. The molecule has 0 unspecified atom stereocenters. The van der Waals surface area contributed by atoms with Crippen molar-refractivity contribution in [2.75, 3.05) is 26.8 Å². The quantitative estimate of drug-likeness (QED) is 0.852. The van der Waals surface area contributed by atoms with Crippen molar-refractivity contribution in [3.63, 3.8) is 0 Å². The van der Waals surface area contributed by atoms with E-state index in [4.69, 9.17) is 10.5 Å². The van der Waals surface area contributed by atoms with Gasteiger partial charge in [0.2, 0.25) is 10.0 Å². The first-order chi connectivity index (χ1) is 9.95. The van der Waals surface area contributed by atoms with Crippen molar-refractivity contribution in [1.29, 1.82) is 0 Å². The van der Waals surface area contributed by atoms with E-state index in [0.717, 1.165) is 18.4 Å². The molecule has 0 saturated carbocycles. The van der Waals surface area contributed by atoms with Gasteiger partial charge in [-0.3, -0.25) is 0 Å². The summed E-state index contributed by atoms with van der Waals surface area (Å²) in [5.41, 5.74) is 6.40. The van der Waals surface area contributed by atoms with Crippen LogP contribution in [0.1, 0.15) is 18.4 Å². The van der Waals surface area contributed by atoms with E-state index in [2.05, 4.69) is 15.9 Å². The maximum atomic E-state index is 12.7. The number of ether oxygens (including phenoxy) is 1. The second-order valence-corrected chi connectivity index (χ2v) is 8.18. The van der Waals surface area contributed by atoms with Crippen molar-refractivity contribution in [2.45, 2.75) is 24.3 Å². The monoisotopic (exact) mass is 376 g/mol. The molecule has 1 aliphatic rings. The van der Waals surface area contributed by atoms with E-state index in [9.17, 15) is 8.42 Å². The average Bonchev–Trinajstić information content (AvgIpc) is 2.48. The minimum absolute atomic E-state index is 0.278. The number of hydrogen-bond donors (Lipinski definition) is 1. The molecule has 0 atom stereocenters. The number of nitrogens with two attached hydrogens (primary N) is 1. The van der Waals surface area contributed by atoms with Crippen LogP contribution in [0.4, 0.5) is 0 Å². The Labute approximate surface area is 134 Å². The lowest BCUT2D eigenvalue weighted by Gasteiger charge is -2.27. The first kappa shape index (κ1) is 16.9. The fourth-order valence-electron chi connectivity index (χ4n) is 2.43. The predicted octanol–water partition coefficient (Wildman–Crippen LogP) is 1.95. The molecule has 0 spiro atoms. The fourth-order valence-corrected chi connectivity index (χ4v) is 4.65. The van der Waals surface area contributed by atoms with Gasteiger partial charge in [0.25, 0.3) is 0 Å². The van der Waals surface area contributed by atoms with Crippen LogP contribution < -0.4 is 5.73 Å². The lowest BCUT2D eigenvalue weighted by atomic mass is 10.0. The van der Waals surface area contributed by atoms with Crippen molar-refractivity contribution >= 4 is 26.0 Å². The highest BCUT2D eigenvalue weighted by Gasteiger charge is 2.26. The molecule has 5 nitrogen and oxygen atoms in total. The molecule has 1 saturated heterocycles. The van der Waals surface area contributed by atoms with E-state index in [1.54, 1.807) is 19.2 Å². The van der Waals surface area contributed by atoms with Gasteiger partial charge in [0, 0.05) is 37.8 Å². The summed E-state index contributed by atoms with van der Waals surface area (Å²) in [5.74, 6) is 0.356. The molecule has 1 heterocycles. The second kappa shape index (κ2) is 7.19. The lowest BCUT2D eigenvalue weighted by Crippen LogP contribution is -2.34. The van der Waals surface area contributed by atoms with Crippen LogP contribution >= 0.6 is 15.9 Å². The Hall–Kier alpha value is -0.470. The number of sulfonamides is 1. The maximum absolute atomic E-state index is 12.7. The van der Waals surface area contributed by atoms with Gasteiger partial charge in [-0.25, -0.2) is 12.7 Å². The molecule has 1 aromatic carbocycles. The Morgan fingerprint density at radius 2 is 2.05 bits per heavy atom. The molecule has 21 heavy (non-hydrogen) atoms. The summed E-state index contributed by atoms with van der Waals surface area (Å²) in [5, 5.41) is 0. The molecule has 1 fully saturated rings. The number of hydrogen-bond acceptors (Lipinski definition) is 4. The molecule has 2 rings (SSSR count). The third-order valence-electron chi connectivity index (χ3n) is 3.78. The molecule has 0 amide bonds. The van der Waals surface area contributed by atoms with Crippen molar-refractivity contribution in [3.05, 3.63) is 28.2 Å². The molecule has 2 N–H and O–H groups in total. The van der Waals surface area contributed by atoms with Gasteiger partial charge in [0.05, 0.1) is 4.90 Å². The van der Waals surface area contributed by atoms with Gasteiger partial charge in [-0.05, 0) is 52.4 Å². The van der Waals surface area contributed by atoms with Gasteiger partial charge in [0.1, 0.15) is 0 Å². The fraction of sp³-hybridized carbons (Fsp3) is 0.571. The van der Waals surface area contributed by atoms with Crippen LogP contribution in [0.15, 0.2) is 27.6 Å². The van der Waals surface area contributed by atoms with E-state index in [-0.39, 0.29) is 4.90 Å². The number of halogens is 1. The van der Waals surface area contributed by atoms with Gasteiger partial charge in [-0.2, -0.15) is 0 Å². The number of benzene rings is 1. The standard InChI is InChI=1S/C14H21BrN2O3S/c1-17(10-11-4-6-20-7-5-11)21(18,19)14-8-12(9-16)2-3-13(14)15/h2-3,8,11H,4-7,9-10,16H2,1H3. The molecule has 0 aliphatic carbocycles. The molecule has 0 bridgehead atoms. The van der Waals surface area contributed by atoms with Crippen molar-refractivity contribution < 1.29 is 13.2 Å². The molecule has 0 radical (unpaired) electrons. The average molecular weight is 377 g/mol. The highest BCUT2D eigenvalue weighted by molar-refractivity contribution is 9.10. The summed E-state index contributed by atoms with van der Waals surface area (Å²) in [6.45, 7) is 2.26. The van der Waals surface area contributed by atoms with Crippen LogP contribution in [0.3, 0.4) is 0 Å². The molecule has 1 aliphatic heterocycles. The van der Waals surface area contributed by atoms with Crippen LogP contribution in [0, 0.1) is 5.92 Å². The highest BCUT2D eigenvalue weighted by Crippen LogP contribution is 2.27. The summed E-state index contributed by atoms with van der Waals surface area (Å²) in [4.78, 5) is 0.278. The third kappa shape index (κ3) is 4.04. The van der Waals surface area contributed by atoms with Crippen LogP contribution in [0.2, 0.25) is 0 Å². The van der Waals surface area contributed by atoms with E-state index in [1.807, 2.05) is 6.07 Å². The SMILES string of the molecule is CN(CC1CCOCC1)S(=O)(=O)c1cc(CN)ccc1Br. The molecular formula is C14H21BrN2O3S. The predicted molar refractivity (Wildman–Crippen MR) is 85.4 cm³/mol. The van der Waals surface area contributed by atoms with Crippen LogP contribution in [0.25, 0.3) is 0 Å². The highest BCUT2D eigenvalue weighted by atomic mass is 79.9. The molecule has 7 heteroatoms. The maximum Gasteiger partial charge on any atom is 0.243 e. The Morgan fingerprint density at radius 1 is 1.38 bits per heavy atom. The zero-order valence-corrected chi connectivity index (χ0v) is 14.5. The van der Waals surface area contributed by atoms with E-state index >= 15 is 0 Å². The zero-order valence-electron chi connectivity index (χ0n) is 12.1. The van der Waals surface area contributed by atoms with Gasteiger partial charge in [0.15, 0.2) is 0 Å². The summed E-state index contributed by atoms with van der Waals surface area (Å²) in [7, 11) is -1.88. The van der Waals surface area contributed by atoms with Gasteiger partial charge in [-0.1, -0.05) is 6.07 Å². The van der Waals surface area contributed by atoms with Crippen molar-refractivity contribution in [3.8, 4) is 0 Å². The Morgan fingerprint density at radius 3 is 2.67 bits per heavy atom. The second-order valence-electron chi connectivity index (χ2n) is 5.31. The van der Waals surface area contributed by atoms with Gasteiger partial charge >= 0.3 is 0 Å². The summed E-state index contributed by atoms with van der Waals surface area (Å²) in [6, 6.07) is 5.19. The minimum atomic E-state index is -3.51. The van der Waals surface area contributed by atoms with Crippen LogP contribution in [-0.2, 0) is 21.3 Å².